The van der Waals surface area contributed by atoms with E-state index < -0.39 is 11.7 Å². The zero-order valence-corrected chi connectivity index (χ0v) is 9.91. The van der Waals surface area contributed by atoms with Crippen LogP contribution in [0.5, 0.6) is 0 Å². The number of benzene rings is 1. The molecule has 0 fully saturated rings. The van der Waals surface area contributed by atoms with Crippen molar-refractivity contribution in [3.05, 3.63) is 47.8 Å². The SMILES string of the molecule is CCCc1ccn(-c2cccc(C(F)(F)F)c2)n1. The van der Waals surface area contributed by atoms with Gasteiger partial charge in [0.15, 0.2) is 0 Å². The summed E-state index contributed by atoms with van der Waals surface area (Å²) in [6, 6.07) is 6.98. The lowest BCUT2D eigenvalue weighted by Crippen LogP contribution is -2.06. The van der Waals surface area contributed by atoms with E-state index in [9.17, 15) is 13.2 Å². The minimum absolute atomic E-state index is 0.423. The lowest BCUT2D eigenvalue weighted by Gasteiger charge is -2.08. The fourth-order valence-corrected chi connectivity index (χ4v) is 1.72. The molecule has 0 N–H and O–H groups in total. The van der Waals surface area contributed by atoms with Crippen molar-refractivity contribution in [2.75, 3.05) is 0 Å². The van der Waals surface area contributed by atoms with Crippen LogP contribution in [0.2, 0.25) is 0 Å². The minimum Gasteiger partial charge on any atom is -0.241 e. The molecular weight excluding hydrogens is 241 g/mol. The Kier molecular flexibility index (Phi) is 3.41. The molecule has 0 aliphatic rings. The molecule has 1 aromatic carbocycles. The van der Waals surface area contributed by atoms with E-state index in [4.69, 9.17) is 0 Å². The number of alkyl halides is 3. The quantitative estimate of drug-likeness (QED) is 0.813. The predicted octanol–water partition coefficient (Wildman–Crippen LogP) is 3.84. The van der Waals surface area contributed by atoms with Crippen LogP contribution >= 0.6 is 0 Å². The monoisotopic (exact) mass is 254 g/mol. The van der Waals surface area contributed by atoms with Gasteiger partial charge in [-0.25, -0.2) is 4.68 Å². The molecule has 1 heterocycles. The second-order valence-corrected chi connectivity index (χ2v) is 4.05. The Morgan fingerprint density at radius 2 is 2.00 bits per heavy atom. The molecule has 96 valence electrons. The van der Waals surface area contributed by atoms with Crippen LogP contribution in [-0.4, -0.2) is 9.78 Å². The number of hydrogen-bond acceptors (Lipinski definition) is 1. The summed E-state index contributed by atoms with van der Waals surface area (Å²) in [7, 11) is 0. The third-order valence-corrected chi connectivity index (χ3v) is 2.59. The van der Waals surface area contributed by atoms with E-state index in [2.05, 4.69) is 5.10 Å². The molecule has 2 rings (SSSR count). The van der Waals surface area contributed by atoms with Crippen LogP contribution in [0.25, 0.3) is 5.69 Å². The highest BCUT2D eigenvalue weighted by atomic mass is 19.4. The normalized spacial score (nSPS) is 11.8. The van der Waals surface area contributed by atoms with Crippen LogP contribution < -0.4 is 0 Å². The average Bonchev–Trinajstić information content (AvgIpc) is 2.77. The molecule has 0 aliphatic heterocycles. The molecule has 5 heteroatoms. The Morgan fingerprint density at radius 3 is 2.67 bits per heavy atom. The van der Waals surface area contributed by atoms with Crippen LogP contribution in [0, 0.1) is 0 Å². The topological polar surface area (TPSA) is 17.8 Å². The molecule has 0 bridgehead atoms. The Hall–Kier alpha value is -1.78. The summed E-state index contributed by atoms with van der Waals surface area (Å²) in [6.07, 6.45) is -0.860. The van der Waals surface area contributed by atoms with Crippen LogP contribution in [0.15, 0.2) is 36.5 Å². The summed E-state index contributed by atoms with van der Waals surface area (Å²) in [5.41, 5.74) is 0.648. The van der Waals surface area contributed by atoms with Gasteiger partial charge >= 0.3 is 6.18 Å². The van der Waals surface area contributed by atoms with E-state index in [1.54, 1.807) is 12.3 Å². The summed E-state index contributed by atoms with van der Waals surface area (Å²) in [6.45, 7) is 2.03. The van der Waals surface area contributed by atoms with E-state index in [1.807, 2.05) is 13.0 Å². The Labute approximate surface area is 103 Å². The van der Waals surface area contributed by atoms with Gasteiger partial charge in [-0.05, 0) is 30.7 Å². The maximum absolute atomic E-state index is 12.6. The van der Waals surface area contributed by atoms with Crippen LogP contribution in [0.3, 0.4) is 0 Å². The van der Waals surface area contributed by atoms with Gasteiger partial charge in [0.1, 0.15) is 0 Å². The Morgan fingerprint density at radius 1 is 1.22 bits per heavy atom. The summed E-state index contributed by atoms with van der Waals surface area (Å²) >= 11 is 0. The third-order valence-electron chi connectivity index (χ3n) is 2.59. The molecule has 0 atom stereocenters. The van der Waals surface area contributed by atoms with E-state index in [0.717, 1.165) is 30.7 Å². The molecule has 0 spiro atoms. The first-order valence-electron chi connectivity index (χ1n) is 5.73. The second-order valence-electron chi connectivity index (χ2n) is 4.05. The number of nitrogens with zero attached hydrogens (tertiary/aromatic N) is 2. The first-order valence-corrected chi connectivity index (χ1v) is 5.73. The number of hydrogen-bond donors (Lipinski definition) is 0. The molecule has 1 aromatic heterocycles. The lowest BCUT2D eigenvalue weighted by molar-refractivity contribution is -0.137. The summed E-state index contributed by atoms with van der Waals surface area (Å²) in [5.74, 6) is 0. The van der Waals surface area contributed by atoms with Gasteiger partial charge in [0.2, 0.25) is 0 Å². The first-order chi connectivity index (χ1) is 8.50. The zero-order valence-electron chi connectivity index (χ0n) is 9.91. The van der Waals surface area contributed by atoms with Crippen LogP contribution in [0.1, 0.15) is 24.6 Å². The summed E-state index contributed by atoms with van der Waals surface area (Å²) in [4.78, 5) is 0. The van der Waals surface area contributed by atoms with Crippen molar-refractivity contribution >= 4 is 0 Å². The van der Waals surface area contributed by atoms with Crippen molar-refractivity contribution in [3.8, 4) is 5.69 Å². The van der Waals surface area contributed by atoms with E-state index >= 15 is 0 Å². The fourth-order valence-electron chi connectivity index (χ4n) is 1.72. The predicted molar refractivity (Wildman–Crippen MR) is 62.6 cm³/mol. The summed E-state index contributed by atoms with van der Waals surface area (Å²) in [5, 5.41) is 4.24. The Bertz CT molecular complexity index is 529. The van der Waals surface area contributed by atoms with Crippen molar-refractivity contribution < 1.29 is 13.2 Å². The highest BCUT2D eigenvalue weighted by Crippen LogP contribution is 2.30. The van der Waals surface area contributed by atoms with Crippen molar-refractivity contribution in [3.63, 3.8) is 0 Å². The molecule has 0 aliphatic carbocycles. The summed E-state index contributed by atoms with van der Waals surface area (Å²) < 4.78 is 39.2. The number of halogens is 3. The van der Waals surface area contributed by atoms with Crippen molar-refractivity contribution in [1.29, 1.82) is 0 Å². The number of aromatic nitrogens is 2. The van der Waals surface area contributed by atoms with Crippen molar-refractivity contribution in [2.24, 2.45) is 0 Å². The average molecular weight is 254 g/mol. The van der Waals surface area contributed by atoms with Gasteiger partial charge in [0.05, 0.1) is 16.9 Å². The van der Waals surface area contributed by atoms with Crippen LogP contribution in [-0.2, 0) is 12.6 Å². The molecule has 0 unspecified atom stereocenters. The van der Waals surface area contributed by atoms with E-state index in [0.29, 0.717) is 5.69 Å². The van der Waals surface area contributed by atoms with Crippen molar-refractivity contribution in [2.45, 2.75) is 25.9 Å². The highest BCUT2D eigenvalue weighted by Gasteiger charge is 2.30. The number of rotatable bonds is 3. The maximum atomic E-state index is 12.6. The number of aryl methyl sites for hydroxylation is 1. The molecule has 2 nitrogen and oxygen atoms in total. The molecule has 18 heavy (non-hydrogen) atoms. The van der Waals surface area contributed by atoms with Gasteiger partial charge in [0.25, 0.3) is 0 Å². The Balaban J connectivity index is 2.32. The lowest BCUT2D eigenvalue weighted by atomic mass is 10.2. The van der Waals surface area contributed by atoms with Gasteiger partial charge in [-0.1, -0.05) is 19.4 Å². The zero-order chi connectivity index (χ0) is 13.2. The molecular formula is C13H13F3N2. The van der Waals surface area contributed by atoms with Gasteiger partial charge in [-0.2, -0.15) is 18.3 Å². The maximum Gasteiger partial charge on any atom is 0.416 e. The van der Waals surface area contributed by atoms with Gasteiger partial charge in [-0.15, -0.1) is 0 Å². The minimum atomic E-state index is -4.32. The van der Waals surface area contributed by atoms with Gasteiger partial charge < -0.3 is 0 Å². The molecule has 0 saturated carbocycles. The molecule has 2 aromatic rings. The smallest absolute Gasteiger partial charge is 0.241 e. The van der Waals surface area contributed by atoms with Crippen molar-refractivity contribution in [1.82, 2.24) is 9.78 Å². The van der Waals surface area contributed by atoms with Gasteiger partial charge in [0, 0.05) is 6.20 Å². The molecule has 0 radical (unpaired) electrons. The van der Waals surface area contributed by atoms with E-state index in [1.165, 1.54) is 10.7 Å². The first kappa shape index (κ1) is 12.7. The molecule has 0 saturated heterocycles. The van der Waals surface area contributed by atoms with E-state index in [-0.39, 0.29) is 0 Å². The van der Waals surface area contributed by atoms with Gasteiger partial charge in [-0.3, -0.25) is 0 Å². The largest absolute Gasteiger partial charge is 0.416 e. The third kappa shape index (κ3) is 2.72. The fraction of sp³-hybridized carbons (Fsp3) is 0.308. The van der Waals surface area contributed by atoms with Crippen LogP contribution in [0.4, 0.5) is 13.2 Å². The standard InChI is InChI=1S/C13H13F3N2/c1-2-4-11-7-8-18(17-11)12-6-3-5-10(9-12)13(14,15)16/h3,5-9H,2,4H2,1H3. The second kappa shape index (κ2) is 4.84. The molecule has 0 amide bonds. The highest BCUT2D eigenvalue weighted by molar-refractivity contribution is 5.36.